The molecule has 0 saturated carbocycles. The Morgan fingerprint density at radius 3 is 2.73 bits per heavy atom. The zero-order valence-electron chi connectivity index (χ0n) is 12.5. The zero-order valence-corrected chi connectivity index (χ0v) is 13.3. The molecule has 1 heterocycles. The fourth-order valence-corrected chi connectivity index (χ4v) is 2.33. The van der Waals surface area contributed by atoms with Crippen LogP contribution in [0.25, 0.3) is 0 Å². The molecule has 0 aliphatic carbocycles. The van der Waals surface area contributed by atoms with Crippen molar-refractivity contribution in [1.82, 2.24) is 10.2 Å². The van der Waals surface area contributed by atoms with E-state index in [1.165, 1.54) is 0 Å². The normalized spacial score (nSPS) is 15.4. The maximum absolute atomic E-state index is 11.9. The number of carbonyl (C=O) groups excluding carboxylic acids is 2. The molecule has 0 bridgehead atoms. The van der Waals surface area contributed by atoms with Crippen LogP contribution in [-0.2, 0) is 14.3 Å². The topological polar surface area (TPSA) is 70.7 Å². The highest BCUT2D eigenvalue weighted by molar-refractivity contribution is 6.40. The number of rotatable bonds is 4. The van der Waals surface area contributed by atoms with Crippen LogP contribution in [0.5, 0.6) is 0 Å². The van der Waals surface area contributed by atoms with Crippen molar-refractivity contribution in [3.8, 4) is 0 Å². The Morgan fingerprint density at radius 1 is 1.27 bits per heavy atom. The summed E-state index contributed by atoms with van der Waals surface area (Å²) in [5.41, 5.74) is 1.28. The van der Waals surface area contributed by atoms with Gasteiger partial charge in [-0.25, -0.2) is 0 Å². The number of morpholine rings is 1. The van der Waals surface area contributed by atoms with Crippen LogP contribution in [0.1, 0.15) is 5.56 Å². The zero-order chi connectivity index (χ0) is 15.9. The van der Waals surface area contributed by atoms with E-state index in [2.05, 4.69) is 15.5 Å². The molecule has 1 aromatic carbocycles. The lowest BCUT2D eigenvalue weighted by molar-refractivity contribution is -0.136. The number of hydrogen-bond acceptors (Lipinski definition) is 4. The van der Waals surface area contributed by atoms with E-state index < -0.39 is 11.8 Å². The van der Waals surface area contributed by atoms with Crippen molar-refractivity contribution < 1.29 is 14.3 Å². The number of hydrogen-bond donors (Lipinski definition) is 2. The summed E-state index contributed by atoms with van der Waals surface area (Å²) in [6.07, 6.45) is 0. The molecule has 2 N–H and O–H groups in total. The van der Waals surface area contributed by atoms with Crippen LogP contribution in [0.4, 0.5) is 5.69 Å². The van der Waals surface area contributed by atoms with E-state index in [4.69, 9.17) is 16.3 Å². The van der Waals surface area contributed by atoms with Gasteiger partial charge in [-0.05, 0) is 24.6 Å². The number of anilines is 1. The summed E-state index contributed by atoms with van der Waals surface area (Å²) < 4.78 is 5.25. The Labute approximate surface area is 134 Å². The third-order valence-electron chi connectivity index (χ3n) is 3.54. The highest BCUT2D eigenvalue weighted by Crippen LogP contribution is 2.22. The molecule has 22 heavy (non-hydrogen) atoms. The number of nitrogens with one attached hydrogen (secondary N) is 2. The van der Waals surface area contributed by atoms with Crippen LogP contribution in [0.3, 0.4) is 0 Å². The van der Waals surface area contributed by atoms with Gasteiger partial charge in [0, 0.05) is 36.9 Å². The molecular formula is C15H20ClN3O3. The number of amides is 2. The van der Waals surface area contributed by atoms with Crippen LogP contribution in [0.15, 0.2) is 18.2 Å². The minimum Gasteiger partial charge on any atom is -0.379 e. The van der Waals surface area contributed by atoms with Crippen LogP contribution in [0, 0.1) is 6.92 Å². The van der Waals surface area contributed by atoms with E-state index >= 15 is 0 Å². The van der Waals surface area contributed by atoms with Crippen LogP contribution in [-0.4, -0.2) is 56.1 Å². The molecule has 1 aliphatic rings. The summed E-state index contributed by atoms with van der Waals surface area (Å²) in [5, 5.41) is 5.73. The van der Waals surface area contributed by atoms with E-state index in [0.717, 1.165) is 18.7 Å². The molecular weight excluding hydrogens is 306 g/mol. The van der Waals surface area contributed by atoms with Gasteiger partial charge >= 0.3 is 11.8 Å². The number of ether oxygens (including phenoxy) is 1. The van der Waals surface area contributed by atoms with Gasteiger partial charge in [0.05, 0.1) is 13.2 Å². The highest BCUT2D eigenvalue weighted by Gasteiger charge is 2.16. The third kappa shape index (κ3) is 4.69. The SMILES string of the molecule is Cc1c(Cl)cccc1NC(=O)C(=O)NCCN1CCOCC1. The Balaban J connectivity index is 1.77. The fraction of sp³-hybridized carbons (Fsp3) is 0.467. The van der Waals surface area contributed by atoms with Gasteiger partial charge in [-0.1, -0.05) is 17.7 Å². The van der Waals surface area contributed by atoms with Gasteiger partial charge in [0.1, 0.15) is 0 Å². The number of carbonyl (C=O) groups is 2. The molecule has 0 atom stereocenters. The molecule has 0 aromatic heterocycles. The van der Waals surface area contributed by atoms with Crippen molar-refractivity contribution in [2.45, 2.75) is 6.92 Å². The monoisotopic (exact) mass is 325 g/mol. The summed E-state index contributed by atoms with van der Waals surface area (Å²) in [4.78, 5) is 25.8. The lowest BCUT2D eigenvalue weighted by atomic mass is 10.2. The van der Waals surface area contributed by atoms with Crippen LogP contribution < -0.4 is 10.6 Å². The molecule has 120 valence electrons. The molecule has 7 heteroatoms. The van der Waals surface area contributed by atoms with Gasteiger partial charge in [-0.3, -0.25) is 14.5 Å². The predicted molar refractivity (Wildman–Crippen MR) is 85.1 cm³/mol. The van der Waals surface area contributed by atoms with Gasteiger partial charge in [-0.15, -0.1) is 0 Å². The second-order valence-electron chi connectivity index (χ2n) is 5.08. The largest absolute Gasteiger partial charge is 0.379 e. The first-order chi connectivity index (χ1) is 10.6. The van der Waals surface area contributed by atoms with E-state index in [9.17, 15) is 9.59 Å². The van der Waals surface area contributed by atoms with Crippen molar-refractivity contribution in [1.29, 1.82) is 0 Å². The average Bonchev–Trinajstić information content (AvgIpc) is 2.52. The first kappa shape index (κ1) is 16.7. The Hall–Kier alpha value is -1.63. The molecule has 1 fully saturated rings. The predicted octanol–water partition coefficient (Wildman–Crippen LogP) is 1.04. The molecule has 1 aliphatic heterocycles. The molecule has 0 unspecified atom stereocenters. The summed E-state index contributed by atoms with van der Waals surface area (Å²) in [7, 11) is 0. The van der Waals surface area contributed by atoms with Crippen LogP contribution >= 0.6 is 11.6 Å². The molecule has 2 amide bonds. The third-order valence-corrected chi connectivity index (χ3v) is 3.95. The minimum absolute atomic E-state index is 0.431. The maximum Gasteiger partial charge on any atom is 0.313 e. The summed E-state index contributed by atoms with van der Waals surface area (Å²) in [6.45, 7) is 6.05. The van der Waals surface area contributed by atoms with Gasteiger partial charge < -0.3 is 15.4 Å². The van der Waals surface area contributed by atoms with Crippen molar-refractivity contribution in [3.05, 3.63) is 28.8 Å². The summed E-state index contributed by atoms with van der Waals surface area (Å²) in [6, 6.07) is 5.16. The van der Waals surface area contributed by atoms with E-state index in [-0.39, 0.29) is 0 Å². The fourth-order valence-electron chi connectivity index (χ4n) is 2.15. The average molecular weight is 326 g/mol. The van der Waals surface area contributed by atoms with Crippen molar-refractivity contribution >= 4 is 29.1 Å². The van der Waals surface area contributed by atoms with Crippen molar-refractivity contribution in [2.75, 3.05) is 44.7 Å². The van der Waals surface area contributed by atoms with Crippen LogP contribution in [0.2, 0.25) is 5.02 Å². The lowest BCUT2D eigenvalue weighted by Gasteiger charge is -2.26. The second kappa shape index (κ2) is 8.12. The Bertz CT molecular complexity index is 545. The van der Waals surface area contributed by atoms with Gasteiger partial charge in [0.25, 0.3) is 0 Å². The molecule has 0 spiro atoms. The lowest BCUT2D eigenvalue weighted by Crippen LogP contribution is -2.43. The number of nitrogens with zero attached hydrogens (tertiary/aromatic N) is 1. The van der Waals surface area contributed by atoms with E-state index in [0.29, 0.717) is 37.0 Å². The van der Waals surface area contributed by atoms with E-state index in [1.807, 2.05) is 0 Å². The first-order valence-electron chi connectivity index (χ1n) is 7.22. The molecule has 1 aromatic rings. The summed E-state index contributed by atoms with van der Waals surface area (Å²) in [5.74, 6) is -1.33. The minimum atomic E-state index is -0.688. The van der Waals surface area contributed by atoms with E-state index in [1.54, 1.807) is 25.1 Å². The molecule has 2 rings (SSSR count). The number of benzene rings is 1. The van der Waals surface area contributed by atoms with Gasteiger partial charge in [0.15, 0.2) is 0 Å². The van der Waals surface area contributed by atoms with Crippen molar-refractivity contribution in [2.24, 2.45) is 0 Å². The maximum atomic E-state index is 11.9. The standard InChI is InChI=1S/C15H20ClN3O3/c1-11-12(16)3-2-4-13(11)18-15(21)14(20)17-5-6-19-7-9-22-10-8-19/h2-4H,5-10H2,1H3,(H,17,20)(H,18,21). The quantitative estimate of drug-likeness (QED) is 0.811. The molecule has 0 radical (unpaired) electrons. The molecule has 6 nitrogen and oxygen atoms in total. The summed E-state index contributed by atoms with van der Waals surface area (Å²) >= 11 is 5.98. The molecule has 1 saturated heterocycles. The van der Waals surface area contributed by atoms with Gasteiger partial charge in [0.2, 0.25) is 0 Å². The highest BCUT2D eigenvalue weighted by atomic mass is 35.5. The first-order valence-corrected chi connectivity index (χ1v) is 7.60. The van der Waals surface area contributed by atoms with Gasteiger partial charge in [-0.2, -0.15) is 0 Å². The second-order valence-corrected chi connectivity index (χ2v) is 5.48. The smallest absolute Gasteiger partial charge is 0.313 e. The van der Waals surface area contributed by atoms with Crippen molar-refractivity contribution in [3.63, 3.8) is 0 Å². The Kier molecular flexibility index (Phi) is 6.18. The number of halogens is 1. The Morgan fingerprint density at radius 2 is 2.00 bits per heavy atom.